The standard InChI is InChI=1S/C9H11ClF3N3O3S/c1-5-8(20(10,18)19)6(2)16(15-5)3-7(17)14-4-9(11,12)13/h3-4H2,1-2H3,(H,14,17). The van der Waals surface area contributed by atoms with Gasteiger partial charge in [0.25, 0.3) is 9.05 Å². The van der Waals surface area contributed by atoms with E-state index in [-0.39, 0.29) is 16.3 Å². The van der Waals surface area contributed by atoms with Crippen molar-refractivity contribution in [1.82, 2.24) is 15.1 Å². The number of halogens is 4. The Morgan fingerprint density at radius 3 is 2.35 bits per heavy atom. The van der Waals surface area contributed by atoms with Gasteiger partial charge in [-0.3, -0.25) is 9.48 Å². The summed E-state index contributed by atoms with van der Waals surface area (Å²) >= 11 is 0. The summed E-state index contributed by atoms with van der Waals surface area (Å²) in [5.41, 5.74) is 0.154. The molecule has 0 fully saturated rings. The number of nitrogens with one attached hydrogen (secondary N) is 1. The molecule has 1 aromatic heterocycles. The number of rotatable bonds is 4. The molecule has 0 aromatic carbocycles. The zero-order valence-electron chi connectivity index (χ0n) is 10.5. The molecule has 114 valence electrons. The highest BCUT2D eigenvalue weighted by atomic mass is 35.7. The molecule has 0 saturated heterocycles. The summed E-state index contributed by atoms with van der Waals surface area (Å²) in [6.45, 7) is 0.722. The number of carbonyl (C=O) groups is 1. The molecular formula is C9H11ClF3N3O3S. The minimum absolute atomic E-state index is 0.0705. The number of aromatic nitrogens is 2. The van der Waals surface area contributed by atoms with E-state index >= 15 is 0 Å². The maximum Gasteiger partial charge on any atom is 0.405 e. The molecule has 20 heavy (non-hydrogen) atoms. The molecule has 0 aliphatic heterocycles. The van der Waals surface area contributed by atoms with Crippen LogP contribution in [0.4, 0.5) is 13.2 Å². The van der Waals surface area contributed by atoms with Gasteiger partial charge < -0.3 is 5.32 Å². The maximum absolute atomic E-state index is 11.9. The second-order valence-corrected chi connectivity index (χ2v) is 6.49. The topological polar surface area (TPSA) is 81.1 Å². The van der Waals surface area contributed by atoms with Crippen molar-refractivity contribution in [2.75, 3.05) is 6.54 Å². The van der Waals surface area contributed by atoms with Gasteiger partial charge >= 0.3 is 6.18 Å². The van der Waals surface area contributed by atoms with Crippen LogP contribution in [0.25, 0.3) is 0 Å². The average Bonchev–Trinajstić information content (AvgIpc) is 2.49. The van der Waals surface area contributed by atoms with Gasteiger partial charge in [-0.2, -0.15) is 18.3 Å². The highest BCUT2D eigenvalue weighted by Gasteiger charge is 2.28. The number of carbonyl (C=O) groups excluding carboxylic acids is 1. The first-order valence-corrected chi connectivity index (χ1v) is 7.55. The van der Waals surface area contributed by atoms with Crippen LogP contribution in [0.15, 0.2) is 4.90 Å². The lowest BCUT2D eigenvalue weighted by Gasteiger charge is -2.09. The SMILES string of the molecule is Cc1nn(CC(=O)NCC(F)(F)F)c(C)c1S(=O)(=O)Cl. The van der Waals surface area contributed by atoms with E-state index in [2.05, 4.69) is 5.10 Å². The molecule has 0 unspecified atom stereocenters. The van der Waals surface area contributed by atoms with Gasteiger partial charge in [0.1, 0.15) is 18.0 Å². The molecule has 0 radical (unpaired) electrons. The third kappa shape index (κ3) is 4.37. The van der Waals surface area contributed by atoms with Crippen molar-refractivity contribution in [3.63, 3.8) is 0 Å². The fourth-order valence-corrected chi connectivity index (χ4v) is 3.10. The predicted octanol–water partition coefficient (Wildman–Crippen LogP) is 1.11. The maximum atomic E-state index is 11.9. The van der Waals surface area contributed by atoms with Gasteiger partial charge in [-0.25, -0.2) is 8.42 Å². The number of aryl methyl sites for hydroxylation is 1. The first-order chi connectivity index (χ1) is 8.92. The fourth-order valence-electron chi connectivity index (χ4n) is 1.58. The normalized spacial score (nSPS) is 12.5. The zero-order valence-corrected chi connectivity index (χ0v) is 12.0. The molecule has 1 N–H and O–H groups in total. The quantitative estimate of drug-likeness (QED) is 0.837. The zero-order chi connectivity index (χ0) is 15.7. The van der Waals surface area contributed by atoms with E-state index in [0.29, 0.717) is 0 Å². The highest BCUT2D eigenvalue weighted by Crippen LogP contribution is 2.23. The first-order valence-electron chi connectivity index (χ1n) is 5.24. The molecule has 6 nitrogen and oxygen atoms in total. The lowest BCUT2D eigenvalue weighted by Crippen LogP contribution is -2.36. The van der Waals surface area contributed by atoms with E-state index in [9.17, 15) is 26.4 Å². The minimum atomic E-state index is -4.52. The molecule has 0 aliphatic carbocycles. The summed E-state index contributed by atoms with van der Waals surface area (Å²) in [7, 11) is 1.17. The van der Waals surface area contributed by atoms with Crippen molar-refractivity contribution in [3.8, 4) is 0 Å². The van der Waals surface area contributed by atoms with Gasteiger partial charge in [-0.15, -0.1) is 0 Å². The van der Waals surface area contributed by atoms with Crippen LogP contribution >= 0.6 is 10.7 Å². The van der Waals surface area contributed by atoms with Crippen LogP contribution in [0.2, 0.25) is 0 Å². The third-order valence-electron chi connectivity index (χ3n) is 2.34. The van der Waals surface area contributed by atoms with Crippen LogP contribution in [0.1, 0.15) is 11.4 Å². The van der Waals surface area contributed by atoms with Gasteiger partial charge in [0, 0.05) is 10.7 Å². The van der Waals surface area contributed by atoms with E-state index in [1.807, 2.05) is 0 Å². The summed E-state index contributed by atoms with van der Waals surface area (Å²) in [6.07, 6.45) is -4.52. The second kappa shape index (κ2) is 5.60. The second-order valence-electron chi connectivity index (χ2n) is 3.99. The predicted molar refractivity (Wildman–Crippen MR) is 63.8 cm³/mol. The summed E-state index contributed by atoms with van der Waals surface area (Å²) in [5.74, 6) is -0.938. The molecule has 1 amide bonds. The van der Waals surface area contributed by atoms with Crippen LogP contribution in [-0.4, -0.2) is 36.8 Å². The van der Waals surface area contributed by atoms with E-state index in [0.717, 1.165) is 4.68 Å². The lowest BCUT2D eigenvalue weighted by atomic mass is 10.4. The molecule has 0 atom stereocenters. The minimum Gasteiger partial charge on any atom is -0.345 e. The lowest BCUT2D eigenvalue weighted by molar-refractivity contribution is -0.138. The molecule has 0 bridgehead atoms. The number of nitrogens with zero attached hydrogens (tertiary/aromatic N) is 2. The summed E-state index contributed by atoms with van der Waals surface area (Å²) in [6, 6.07) is 0. The Bertz CT molecular complexity index is 624. The molecule has 0 saturated carbocycles. The van der Waals surface area contributed by atoms with E-state index in [1.54, 1.807) is 5.32 Å². The Kier molecular flexibility index (Phi) is 4.70. The van der Waals surface area contributed by atoms with Crippen molar-refractivity contribution in [2.45, 2.75) is 31.5 Å². The Morgan fingerprint density at radius 2 is 1.95 bits per heavy atom. The van der Waals surface area contributed by atoms with E-state index in [1.165, 1.54) is 13.8 Å². The fraction of sp³-hybridized carbons (Fsp3) is 0.556. The van der Waals surface area contributed by atoms with Crippen molar-refractivity contribution < 1.29 is 26.4 Å². The molecule has 11 heteroatoms. The van der Waals surface area contributed by atoms with Gasteiger partial charge in [-0.05, 0) is 13.8 Å². The number of hydrogen-bond acceptors (Lipinski definition) is 4. The highest BCUT2D eigenvalue weighted by molar-refractivity contribution is 8.13. The van der Waals surface area contributed by atoms with Crippen LogP contribution in [0.3, 0.4) is 0 Å². The molecule has 0 spiro atoms. The van der Waals surface area contributed by atoms with Crippen LogP contribution in [0, 0.1) is 13.8 Å². The van der Waals surface area contributed by atoms with Gasteiger partial charge in [0.05, 0.1) is 11.4 Å². The van der Waals surface area contributed by atoms with Crippen molar-refractivity contribution in [1.29, 1.82) is 0 Å². The monoisotopic (exact) mass is 333 g/mol. The van der Waals surface area contributed by atoms with Crippen LogP contribution in [-0.2, 0) is 20.4 Å². The van der Waals surface area contributed by atoms with E-state index < -0.39 is 34.2 Å². The first kappa shape index (κ1) is 16.8. The average molecular weight is 334 g/mol. The number of alkyl halides is 3. The number of amides is 1. The Hall–Kier alpha value is -1.29. The van der Waals surface area contributed by atoms with E-state index in [4.69, 9.17) is 10.7 Å². The summed E-state index contributed by atoms with van der Waals surface area (Å²) in [5, 5.41) is 5.43. The molecular weight excluding hydrogens is 323 g/mol. The molecule has 1 rings (SSSR count). The third-order valence-corrected chi connectivity index (χ3v) is 3.88. The van der Waals surface area contributed by atoms with Crippen molar-refractivity contribution in [3.05, 3.63) is 11.4 Å². The molecule has 1 heterocycles. The van der Waals surface area contributed by atoms with Crippen LogP contribution in [0.5, 0.6) is 0 Å². The van der Waals surface area contributed by atoms with Gasteiger partial charge in [0.2, 0.25) is 5.91 Å². The Morgan fingerprint density at radius 1 is 1.40 bits per heavy atom. The Labute approximate surface area is 117 Å². The van der Waals surface area contributed by atoms with Crippen molar-refractivity contribution in [2.24, 2.45) is 0 Å². The number of hydrogen-bond donors (Lipinski definition) is 1. The smallest absolute Gasteiger partial charge is 0.345 e. The molecule has 0 aliphatic rings. The summed E-state index contributed by atoms with van der Waals surface area (Å²) < 4.78 is 59.3. The summed E-state index contributed by atoms with van der Waals surface area (Å²) in [4.78, 5) is 11.1. The van der Waals surface area contributed by atoms with Gasteiger partial charge in [0.15, 0.2) is 0 Å². The molecule has 1 aromatic rings. The Balaban J connectivity index is 2.88. The van der Waals surface area contributed by atoms with Gasteiger partial charge in [-0.1, -0.05) is 0 Å². The van der Waals surface area contributed by atoms with Crippen molar-refractivity contribution >= 4 is 25.6 Å². The van der Waals surface area contributed by atoms with Crippen LogP contribution < -0.4 is 5.32 Å². The largest absolute Gasteiger partial charge is 0.405 e.